The second-order valence-electron chi connectivity index (χ2n) is 5.74. The van der Waals surface area contributed by atoms with E-state index in [-0.39, 0.29) is 4.90 Å². The Morgan fingerprint density at radius 2 is 1.96 bits per heavy atom. The molecule has 0 bridgehead atoms. The quantitative estimate of drug-likeness (QED) is 0.598. The lowest BCUT2D eigenvalue weighted by molar-refractivity contribution is 0.602. The van der Waals surface area contributed by atoms with E-state index in [4.69, 9.17) is 0 Å². The van der Waals surface area contributed by atoms with E-state index in [9.17, 15) is 8.42 Å². The maximum absolute atomic E-state index is 11.6. The van der Waals surface area contributed by atoms with Crippen molar-refractivity contribution in [1.82, 2.24) is 19.6 Å². The number of fused-ring (bicyclic) bond motifs is 3. The van der Waals surface area contributed by atoms with Crippen LogP contribution >= 0.6 is 0 Å². The highest BCUT2D eigenvalue weighted by Crippen LogP contribution is 2.21. The molecule has 0 radical (unpaired) electrons. The van der Waals surface area contributed by atoms with Gasteiger partial charge in [0.25, 0.3) is 5.78 Å². The van der Waals surface area contributed by atoms with Gasteiger partial charge in [0.05, 0.1) is 15.9 Å². The van der Waals surface area contributed by atoms with Crippen molar-refractivity contribution in [3.63, 3.8) is 0 Å². The summed E-state index contributed by atoms with van der Waals surface area (Å²) in [5.74, 6) is 1.04. The molecule has 0 amide bonds. The standard InChI is InChI=1S/C16H15N5O2S/c1-10-6-7-14-13(8-10)18-16-19-15(20-21(14)16)17-11-4-3-5-12(9-11)24(2,22)23/h3-9H,1-2H3,(H2,17,18,19,20). The highest BCUT2D eigenvalue weighted by molar-refractivity contribution is 7.90. The number of H-pyrrole nitrogens is 1. The molecule has 0 aliphatic carbocycles. The number of aromatic amines is 1. The van der Waals surface area contributed by atoms with Crippen LogP contribution in [0.3, 0.4) is 0 Å². The van der Waals surface area contributed by atoms with Crippen LogP contribution in [0.1, 0.15) is 5.56 Å². The first-order valence-electron chi connectivity index (χ1n) is 7.32. The van der Waals surface area contributed by atoms with Gasteiger partial charge in [-0.3, -0.25) is 5.10 Å². The van der Waals surface area contributed by atoms with Crippen molar-refractivity contribution in [1.29, 1.82) is 0 Å². The number of hydrogen-bond donors (Lipinski definition) is 2. The zero-order chi connectivity index (χ0) is 16.9. The molecule has 4 aromatic rings. The molecule has 2 N–H and O–H groups in total. The third-order valence-electron chi connectivity index (χ3n) is 3.75. The predicted octanol–water partition coefficient (Wildman–Crippen LogP) is 2.67. The molecule has 24 heavy (non-hydrogen) atoms. The van der Waals surface area contributed by atoms with E-state index in [0.717, 1.165) is 16.6 Å². The number of nitrogens with zero attached hydrogens (tertiary/aromatic N) is 3. The Balaban J connectivity index is 1.73. The molecule has 2 aromatic carbocycles. The summed E-state index contributed by atoms with van der Waals surface area (Å²) in [7, 11) is -3.25. The Bertz CT molecular complexity index is 1170. The van der Waals surface area contributed by atoms with Crippen molar-refractivity contribution in [3.05, 3.63) is 48.0 Å². The number of sulfone groups is 1. The minimum Gasteiger partial charge on any atom is -0.325 e. The monoisotopic (exact) mass is 341 g/mol. The third kappa shape index (κ3) is 2.50. The van der Waals surface area contributed by atoms with Gasteiger partial charge in [-0.15, -0.1) is 0 Å². The lowest BCUT2D eigenvalue weighted by Crippen LogP contribution is -1.99. The Kier molecular flexibility index (Phi) is 3.10. The highest BCUT2D eigenvalue weighted by atomic mass is 32.2. The number of hydrogen-bond acceptors (Lipinski definition) is 5. The summed E-state index contributed by atoms with van der Waals surface area (Å²) in [5.41, 5.74) is 3.58. The van der Waals surface area contributed by atoms with Gasteiger partial charge in [-0.2, -0.15) is 4.98 Å². The fourth-order valence-corrected chi connectivity index (χ4v) is 3.26. The molecule has 0 aliphatic rings. The molecule has 0 aliphatic heterocycles. The number of anilines is 2. The van der Waals surface area contributed by atoms with Crippen LogP contribution in [0.2, 0.25) is 0 Å². The normalized spacial score (nSPS) is 12.1. The molecular formula is C16H15N5O2S. The summed E-state index contributed by atoms with van der Waals surface area (Å²) in [4.78, 5) is 9.14. The zero-order valence-corrected chi connectivity index (χ0v) is 13.9. The van der Waals surface area contributed by atoms with Crippen molar-refractivity contribution in [3.8, 4) is 0 Å². The first kappa shape index (κ1) is 14.7. The van der Waals surface area contributed by atoms with E-state index in [1.54, 1.807) is 28.8 Å². The van der Waals surface area contributed by atoms with Gasteiger partial charge in [-0.05, 0) is 42.8 Å². The maximum atomic E-state index is 11.6. The number of benzene rings is 2. The van der Waals surface area contributed by atoms with E-state index in [0.29, 0.717) is 17.4 Å². The molecule has 0 atom stereocenters. The van der Waals surface area contributed by atoms with Gasteiger partial charge in [0.2, 0.25) is 5.95 Å². The first-order chi connectivity index (χ1) is 11.4. The average Bonchev–Trinajstić information content (AvgIpc) is 3.03. The van der Waals surface area contributed by atoms with Crippen molar-refractivity contribution < 1.29 is 8.42 Å². The van der Waals surface area contributed by atoms with Crippen molar-refractivity contribution >= 4 is 38.3 Å². The topological polar surface area (TPSA) is 92.2 Å². The van der Waals surface area contributed by atoms with Crippen LogP contribution in [-0.4, -0.2) is 34.3 Å². The fraction of sp³-hybridized carbons (Fsp3) is 0.125. The fourth-order valence-electron chi connectivity index (χ4n) is 2.59. The first-order valence-corrected chi connectivity index (χ1v) is 9.21. The average molecular weight is 341 g/mol. The van der Waals surface area contributed by atoms with E-state index < -0.39 is 9.84 Å². The van der Waals surface area contributed by atoms with Crippen LogP contribution in [0.15, 0.2) is 47.4 Å². The molecule has 4 rings (SSSR count). The summed E-state index contributed by atoms with van der Waals surface area (Å²) in [6, 6.07) is 12.6. The number of rotatable bonds is 3. The van der Waals surface area contributed by atoms with Crippen LogP contribution < -0.4 is 5.32 Å². The molecule has 0 spiro atoms. The van der Waals surface area contributed by atoms with Gasteiger partial charge in [0, 0.05) is 11.9 Å². The summed E-state index contributed by atoms with van der Waals surface area (Å²) in [5, 5.41) is 6.20. The number of imidazole rings is 1. The molecule has 2 heterocycles. The molecule has 2 aromatic heterocycles. The van der Waals surface area contributed by atoms with Crippen molar-refractivity contribution in [2.24, 2.45) is 0 Å². The number of aromatic nitrogens is 4. The van der Waals surface area contributed by atoms with Gasteiger partial charge < -0.3 is 5.32 Å². The molecule has 7 nitrogen and oxygen atoms in total. The summed E-state index contributed by atoms with van der Waals surface area (Å²) >= 11 is 0. The Labute approximate surface area is 138 Å². The Morgan fingerprint density at radius 1 is 1.12 bits per heavy atom. The van der Waals surface area contributed by atoms with Crippen LogP contribution in [0.4, 0.5) is 11.6 Å². The minimum atomic E-state index is -3.25. The van der Waals surface area contributed by atoms with Gasteiger partial charge >= 0.3 is 0 Å². The van der Waals surface area contributed by atoms with Crippen LogP contribution in [0.5, 0.6) is 0 Å². The van der Waals surface area contributed by atoms with Gasteiger partial charge in [0.1, 0.15) is 0 Å². The van der Waals surface area contributed by atoms with E-state index in [1.807, 2.05) is 25.1 Å². The summed E-state index contributed by atoms with van der Waals surface area (Å²) < 4.78 is 25.1. The maximum Gasteiger partial charge on any atom is 0.253 e. The second kappa shape index (κ2) is 5.07. The summed E-state index contributed by atoms with van der Waals surface area (Å²) in [6.07, 6.45) is 1.18. The summed E-state index contributed by atoms with van der Waals surface area (Å²) in [6.45, 7) is 2.02. The molecule has 8 heteroatoms. The van der Waals surface area contributed by atoms with Gasteiger partial charge in [-0.25, -0.2) is 17.9 Å². The molecular weight excluding hydrogens is 326 g/mol. The van der Waals surface area contributed by atoms with Crippen LogP contribution in [0.25, 0.3) is 16.8 Å². The highest BCUT2D eigenvalue weighted by Gasteiger charge is 2.11. The Hall–Kier alpha value is -2.87. The van der Waals surface area contributed by atoms with Crippen molar-refractivity contribution in [2.45, 2.75) is 11.8 Å². The zero-order valence-electron chi connectivity index (χ0n) is 13.1. The predicted molar refractivity (Wildman–Crippen MR) is 92.4 cm³/mol. The number of nitrogens with one attached hydrogen (secondary N) is 2. The SMILES string of the molecule is Cc1ccc2c(c1)nc1nc(Nc3cccc(S(C)(=O)=O)c3)[nH]n12. The second-order valence-corrected chi connectivity index (χ2v) is 7.75. The van der Waals surface area contributed by atoms with E-state index >= 15 is 0 Å². The van der Waals surface area contributed by atoms with E-state index in [2.05, 4.69) is 20.4 Å². The molecule has 0 saturated carbocycles. The van der Waals surface area contributed by atoms with E-state index in [1.165, 1.54) is 6.26 Å². The molecule has 0 fully saturated rings. The third-order valence-corrected chi connectivity index (χ3v) is 4.86. The van der Waals surface area contributed by atoms with Crippen molar-refractivity contribution in [2.75, 3.05) is 11.6 Å². The molecule has 0 saturated heterocycles. The number of aryl methyl sites for hydroxylation is 1. The Morgan fingerprint density at radius 3 is 2.75 bits per heavy atom. The molecule has 122 valence electrons. The largest absolute Gasteiger partial charge is 0.325 e. The smallest absolute Gasteiger partial charge is 0.253 e. The van der Waals surface area contributed by atoms with Crippen LogP contribution in [-0.2, 0) is 9.84 Å². The van der Waals surface area contributed by atoms with Crippen LogP contribution in [0, 0.1) is 6.92 Å². The van der Waals surface area contributed by atoms with Gasteiger partial charge in [-0.1, -0.05) is 12.1 Å². The lowest BCUT2D eigenvalue weighted by atomic mass is 10.2. The van der Waals surface area contributed by atoms with Gasteiger partial charge in [0.15, 0.2) is 9.84 Å². The minimum absolute atomic E-state index is 0.254. The molecule has 0 unspecified atom stereocenters. The lowest BCUT2D eigenvalue weighted by Gasteiger charge is -2.04.